The highest BCUT2D eigenvalue weighted by molar-refractivity contribution is 6.03. The SMILES string of the molecule is Cc1ccc([C@H]2CC(c3ccc(F)cc3)=NN2C(=O)CN(CCN2CCOCC2)C(=O)NC(C)(C)C)cc1. The van der Waals surface area contributed by atoms with Crippen LogP contribution in [0.3, 0.4) is 0 Å². The molecular formula is C29H38FN5O3. The van der Waals surface area contributed by atoms with Gasteiger partial charge in [-0.2, -0.15) is 5.10 Å². The van der Waals surface area contributed by atoms with E-state index in [1.54, 1.807) is 17.0 Å². The summed E-state index contributed by atoms with van der Waals surface area (Å²) in [6.07, 6.45) is 0.502. The number of morpholine rings is 1. The normalized spacial score (nSPS) is 18.3. The second kappa shape index (κ2) is 12.0. The molecule has 2 heterocycles. The van der Waals surface area contributed by atoms with Gasteiger partial charge in [0.15, 0.2) is 0 Å². The molecule has 9 heteroatoms. The average Bonchev–Trinajstić information content (AvgIpc) is 3.32. The summed E-state index contributed by atoms with van der Waals surface area (Å²) in [5.74, 6) is -0.588. The topological polar surface area (TPSA) is 77.5 Å². The van der Waals surface area contributed by atoms with Gasteiger partial charge in [0.1, 0.15) is 12.4 Å². The van der Waals surface area contributed by atoms with Gasteiger partial charge in [-0.1, -0.05) is 42.0 Å². The lowest BCUT2D eigenvalue weighted by atomic mass is 9.97. The van der Waals surface area contributed by atoms with Crippen molar-refractivity contribution in [3.63, 3.8) is 0 Å². The van der Waals surface area contributed by atoms with Gasteiger partial charge in [-0.05, 0) is 51.0 Å². The Morgan fingerprint density at radius 2 is 1.74 bits per heavy atom. The van der Waals surface area contributed by atoms with E-state index in [0.717, 1.165) is 29.8 Å². The zero-order valence-electron chi connectivity index (χ0n) is 22.7. The van der Waals surface area contributed by atoms with E-state index in [-0.39, 0.29) is 30.3 Å². The summed E-state index contributed by atoms with van der Waals surface area (Å²) in [6, 6.07) is 13.6. The van der Waals surface area contributed by atoms with Crippen molar-refractivity contribution in [3.8, 4) is 0 Å². The van der Waals surface area contributed by atoms with Crippen LogP contribution in [0.15, 0.2) is 53.6 Å². The van der Waals surface area contributed by atoms with Crippen LogP contribution in [0.5, 0.6) is 0 Å². The van der Waals surface area contributed by atoms with Gasteiger partial charge in [-0.15, -0.1) is 0 Å². The first-order valence-electron chi connectivity index (χ1n) is 13.2. The fourth-order valence-electron chi connectivity index (χ4n) is 4.58. The van der Waals surface area contributed by atoms with Gasteiger partial charge in [0.2, 0.25) is 0 Å². The molecule has 2 aliphatic heterocycles. The molecule has 1 fully saturated rings. The molecule has 8 nitrogen and oxygen atoms in total. The van der Waals surface area contributed by atoms with Gasteiger partial charge >= 0.3 is 6.03 Å². The highest BCUT2D eigenvalue weighted by Crippen LogP contribution is 2.33. The van der Waals surface area contributed by atoms with Crippen LogP contribution in [-0.2, 0) is 9.53 Å². The molecule has 4 rings (SSSR count). The molecule has 0 spiro atoms. The summed E-state index contributed by atoms with van der Waals surface area (Å²) in [6.45, 7) is 11.7. The monoisotopic (exact) mass is 523 g/mol. The minimum absolute atomic E-state index is 0.102. The van der Waals surface area contributed by atoms with E-state index in [1.807, 2.05) is 52.0 Å². The Morgan fingerprint density at radius 3 is 2.37 bits per heavy atom. The van der Waals surface area contributed by atoms with Crippen LogP contribution in [0, 0.1) is 12.7 Å². The van der Waals surface area contributed by atoms with E-state index in [0.29, 0.717) is 38.4 Å². The predicted molar refractivity (Wildman–Crippen MR) is 145 cm³/mol. The maximum atomic E-state index is 13.8. The number of carbonyl (C=O) groups excluding carboxylic acids is 2. The molecule has 0 aromatic heterocycles. The fourth-order valence-corrected chi connectivity index (χ4v) is 4.58. The van der Waals surface area contributed by atoms with Crippen LogP contribution in [-0.4, -0.2) is 83.9 Å². The van der Waals surface area contributed by atoms with Crippen molar-refractivity contribution in [2.45, 2.75) is 45.7 Å². The molecule has 2 aromatic carbocycles. The first-order chi connectivity index (χ1) is 18.1. The first kappa shape index (κ1) is 27.7. The summed E-state index contributed by atoms with van der Waals surface area (Å²) in [5.41, 5.74) is 3.13. The van der Waals surface area contributed by atoms with Gasteiger partial charge in [-0.25, -0.2) is 14.2 Å². The maximum Gasteiger partial charge on any atom is 0.318 e. The number of nitrogens with zero attached hydrogens (tertiary/aromatic N) is 4. The second-order valence-electron chi connectivity index (χ2n) is 11.0. The molecule has 0 aliphatic carbocycles. The van der Waals surface area contributed by atoms with Crippen molar-refractivity contribution >= 4 is 17.6 Å². The summed E-state index contributed by atoms with van der Waals surface area (Å²) < 4.78 is 19.0. The van der Waals surface area contributed by atoms with E-state index in [4.69, 9.17) is 9.84 Å². The van der Waals surface area contributed by atoms with Gasteiger partial charge in [-0.3, -0.25) is 9.69 Å². The van der Waals surface area contributed by atoms with Crippen LogP contribution < -0.4 is 5.32 Å². The van der Waals surface area contributed by atoms with Crippen molar-refractivity contribution in [1.29, 1.82) is 0 Å². The van der Waals surface area contributed by atoms with Gasteiger partial charge in [0.25, 0.3) is 5.91 Å². The lowest BCUT2D eigenvalue weighted by Gasteiger charge is -2.32. The number of nitrogens with one attached hydrogen (secondary N) is 1. The number of hydrazone groups is 1. The molecule has 0 unspecified atom stereocenters. The number of carbonyl (C=O) groups is 2. The Bertz CT molecular complexity index is 1140. The highest BCUT2D eigenvalue weighted by Gasteiger charge is 2.35. The summed E-state index contributed by atoms with van der Waals surface area (Å²) in [7, 11) is 0. The largest absolute Gasteiger partial charge is 0.379 e. The first-order valence-corrected chi connectivity index (χ1v) is 13.2. The highest BCUT2D eigenvalue weighted by atomic mass is 19.1. The third-order valence-electron chi connectivity index (χ3n) is 6.69. The van der Waals surface area contributed by atoms with Crippen LogP contribution in [0.4, 0.5) is 9.18 Å². The smallest absolute Gasteiger partial charge is 0.318 e. The molecule has 38 heavy (non-hydrogen) atoms. The second-order valence-corrected chi connectivity index (χ2v) is 11.0. The lowest BCUT2D eigenvalue weighted by molar-refractivity contribution is -0.133. The summed E-state index contributed by atoms with van der Waals surface area (Å²) in [5, 5.41) is 9.19. The van der Waals surface area contributed by atoms with E-state index >= 15 is 0 Å². The van der Waals surface area contributed by atoms with Crippen molar-refractivity contribution in [1.82, 2.24) is 20.1 Å². The Kier molecular flexibility index (Phi) is 8.79. The maximum absolute atomic E-state index is 13.8. The molecular weight excluding hydrogens is 485 g/mol. The van der Waals surface area contributed by atoms with E-state index in [1.165, 1.54) is 17.1 Å². The number of hydrogen-bond acceptors (Lipinski definition) is 5. The molecule has 1 N–H and O–H groups in total. The van der Waals surface area contributed by atoms with Crippen LogP contribution >= 0.6 is 0 Å². The third-order valence-corrected chi connectivity index (χ3v) is 6.69. The average molecular weight is 524 g/mol. The standard InChI is InChI=1S/C29H38FN5O3/c1-21-5-7-23(8-6-21)26-19-25(22-9-11-24(30)12-10-22)32-35(26)27(36)20-34(28(37)31-29(2,3)4)14-13-33-15-17-38-18-16-33/h5-12,26H,13-20H2,1-4H3,(H,31,37)/t26-/m1/s1. The third kappa shape index (κ3) is 7.39. The summed E-state index contributed by atoms with van der Waals surface area (Å²) >= 11 is 0. The number of benzene rings is 2. The number of urea groups is 1. The number of hydrogen-bond donors (Lipinski definition) is 1. The predicted octanol–water partition coefficient (Wildman–Crippen LogP) is 3.95. The molecule has 1 saturated heterocycles. The van der Waals surface area contributed by atoms with Crippen molar-refractivity contribution in [2.75, 3.05) is 45.9 Å². The quantitative estimate of drug-likeness (QED) is 0.596. The molecule has 0 bridgehead atoms. The van der Waals surface area contributed by atoms with Gasteiger partial charge in [0.05, 0.1) is 25.0 Å². The minimum atomic E-state index is -0.441. The van der Waals surface area contributed by atoms with E-state index < -0.39 is 5.54 Å². The Hall–Kier alpha value is -3.30. The zero-order chi connectivity index (χ0) is 27.3. The molecule has 0 radical (unpaired) electrons. The Balaban J connectivity index is 1.56. The molecule has 204 valence electrons. The number of rotatable bonds is 7. The number of amides is 3. The van der Waals surface area contributed by atoms with E-state index in [9.17, 15) is 14.0 Å². The lowest BCUT2D eigenvalue weighted by Crippen LogP contribution is -2.53. The van der Waals surface area contributed by atoms with Crippen molar-refractivity contribution in [2.24, 2.45) is 5.10 Å². The van der Waals surface area contributed by atoms with Crippen molar-refractivity contribution < 1.29 is 18.7 Å². The van der Waals surface area contributed by atoms with Crippen LogP contribution in [0.1, 0.15) is 49.9 Å². The van der Waals surface area contributed by atoms with Gasteiger partial charge < -0.3 is 15.0 Å². The molecule has 3 amide bonds. The molecule has 2 aliphatic rings. The number of aryl methyl sites for hydroxylation is 1. The Morgan fingerprint density at radius 1 is 1.08 bits per heavy atom. The molecule has 0 saturated carbocycles. The van der Waals surface area contributed by atoms with Crippen LogP contribution in [0.2, 0.25) is 0 Å². The Labute approximate surface area is 224 Å². The molecule has 1 atom stereocenters. The fraction of sp³-hybridized carbons (Fsp3) is 0.483. The molecule has 2 aromatic rings. The van der Waals surface area contributed by atoms with Crippen molar-refractivity contribution in [3.05, 3.63) is 71.0 Å². The minimum Gasteiger partial charge on any atom is -0.379 e. The van der Waals surface area contributed by atoms with Crippen LogP contribution in [0.25, 0.3) is 0 Å². The zero-order valence-corrected chi connectivity index (χ0v) is 22.7. The number of halogens is 1. The summed E-state index contributed by atoms with van der Waals surface area (Å²) in [4.78, 5) is 30.8. The van der Waals surface area contributed by atoms with Gasteiger partial charge in [0, 0.05) is 38.1 Å². The number of ether oxygens (including phenoxy) is 1. The van der Waals surface area contributed by atoms with E-state index in [2.05, 4.69) is 10.2 Å².